The van der Waals surface area contributed by atoms with Crippen LogP contribution in [0.4, 0.5) is 0 Å². The lowest BCUT2D eigenvalue weighted by atomic mass is 10.1. The zero-order valence-corrected chi connectivity index (χ0v) is 18.5. The molecule has 2 aromatic rings. The van der Waals surface area contributed by atoms with E-state index < -0.39 is 5.91 Å². The molecule has 142 valence electrons. The van der Waals surface area contributed by atoms with Crippen molar-refractivity contribution in [3.05, 3.63) is 62.0 Å². The summed E-state index contributed by atoms with van der Waals surface area (Å²) >= 11 is 11.8. The molecule has 0 heterocycles. The van der Waals surface area contributed by atoms with Crippen molar-refractivity contribution in [1.82, 2.24) is 16.2 Å². The highest BCUT2D eigenvalue weighted by Gasteiger charge is 2.15. The molecule has 0 atom stereocenters. The number of rotatable bonds is 4. The van der Waals surface area contributed by atoms with Gasteiger partial charge in [0.2, 0.25) is 0 Å². The zero-order chi connectivity index (χ0) is 20.0. The van der Waals surface area contributed by atoms with Gasteiger partial charge >= 0.3 is 0 Å². The van der Waals surface area contributed by atoms with Crippen LogP contribution < -0.4 is 20.9 Å². The number of hydrogen-bond acceptors (Lipinski definition) is 4. The Hall–Kier alpha value is -1.97. The lowest BCUT2D eigenvalue weighted by Crippen LogP contribution is -2.48. The molecule has 0 bridgehead atoms. The lowest BCUT2D eigenvalue weighted by molar-refractivity contribution is 0.0933. The molecule has 0 unspecified atom stereocenters. The van der Waals surface area contributed by atoms with Crippen LogP contribution in [0.25, 0.3) is 0 Å². The maximum atomic E-state index is 12.4. The second kappa shape index (κ2) is 9.82. The molecule has 0 radical (unpaired) electrons. The molecule has 27 heavy (non-hydrogen) atoms. The second-order valence-corrected chi connectivity index (χ2v) is 7.58. The molecular weight excluding hydrogens is 498 g/mol. The van der Waals surface area contributed by atoms with Gasteiger partial charge in [0, 0.05) is 14.5 Å². The highest BCUT2D eigenvalue weighted by atomic mass is 79.9. The third-order valence-corrected chi connectivity index (χ3v) is 4.99. The first kappa shape index (κ1) is 21.3. The van der Waals surface area contributed by atoms with Crippen LogP contribution in [0, 0.1) is 6.92 Å². The van der Waals surface area contributed by atoms with E-state index >= 15 is 0 Å². The van der Waals surface area contributed by atoms with Crippen molar-refractivity contribution in [2.75, 3.05) is 6.61 Å². The van der Waals surface area contributed by atoms with Gasteiger partial charge in [0.05, 0.1) is 12.2 Å². The summed E-state index contributed by atoms with van der Waals surface area (Å²) in [5.74, 6) is -0.399. The molecule has 2 aromatic carbocycles. The van der Waals surface area contributed by atoms with Crippen LogP contribution in [0.15, 0.2) is 45.3 Å². The Bertz CT molecular complexity index is 890. The quantitative estimate of drug-likeness (QED) is 0.426. The molecule has 9 heteroatoms. The number of benzene rings is 2. The van der Waals surface area contributed by atoms with Crippen molar-refractivity contribution in [2.45, 2.75) is 13.8 Å². The minimum Gasteiger partial charge on any atom is -0.493 e. The average molecular weight is 515 g/mol. The van der Waals surface area contributed by atoms with Crippen LogP contribution in [-0.2, 0) is 0 Å². The van der Waals surface area contributed by atoms with Crippen LogP contribution in [-0.4, -0.2) is 23.5 Å². The van der Waals surface area contributed by atoms with Gasteiger partial charge in [-0.15, -0.1) is 0 Å². The third-order valence-electron chi connectivity index (χ3n) is 3.44. The molecular formula is C18H17Br2N3O3S. The largest absolute Gasteiger partial charge is 0.493 e. The van der Waals surface area contributed by atoms with Crippen LogP contribution in [0.2, 0.25) is 0 Å². The van der Waals surface area contributed by atoms with E-state index in [1.807, 2.05) is 19.9 Å². The number of hydrazine groups is 1. The van der Waals surface area contributed by atoms with E-state index in [9.17, 15) is 9.59 Å². The summed E-state index contributed by atoms with van der Waals surface area (Å²) < 4.78 is 7.01. The highest BCUT2D eigenvalue weighted by Crippen LogP contribution is 2.23. The predicted octanol–water partition coefficient (Wildman–Crippen LogP) is 3.87. The van der Waals surface area contributed by atoms with Gasteiger partial charge in [-0.25, -0.2) is 0 Å². The molecule has 6 nitrogen and oxygen atoms in total. The summed E-state index contributed by atoms with van der Waals surface area (Å²) in [7, 11) is 0. The number of halogens is 2. The Balaban J connectivity index is 1.97. The normalized spacial score (nSPS) is 10.1. The van der Waals surface area contributed by atoms with Gasteiger partial charge in [-0.05, 0) is 62.0 Å². The molecule has 0 fully saturated rings. The van der Waals surface area contributed by atoms with Crippen molar-refractivity contribution in [2.24, 2.45) is 0 Å². The molecule has 0 spiro atoms. The molecule has 0 aromatic heterocycles. The van der Waals surface area contributed by atoms with Crippen molar-refractivity contribution >= 4 is 61.0 Å². The minimum atomic E-state index is -0.454. The Morgan fingerprint density at radius 1 is 1.07 bits per heavy atom. The van der Waals surface area contributed by atoms with Crippen molar-refractivity contribution in [3.63, 3.8) is 0 Å². The van der Waals surface area contributed by atoms with Crippen molar-refractivity contribution in [1.29, 1.82) is 0 Å². The molecule has 0 saturated carbocycles. The summed E-state index contributed by atoms with van der Waals surface area (Å²) in [4.78, 5) is 24.6. The number of hydrogen-bond donors (Lipinski definition) is 3. The highest BCUT2D eigenvalue weighted by molar-refractivity contribution is 9.10. The summed E-state index contributed by atoms with van der Waals surface area (Å²) in [5, 5.41) is 2.47. The van der Waals surface area contributed by atoms with Crippen LogP contribution >= 0.6 is 44.1 Å². The molecule has 0 aliphatic heterocycles. The average Bonchev–Trinajstić information content (AvgIpc) is 2.63. The van der Waals surface area contributed by atoms with E-state index in [-0.39, 0.29) is 11.0 Å². The Labute approximate surface area is 179 Å². The monoisotopic (exact) mass is 513 g/mol. The Kier molecular flexibility index (Phi) is 7.76. The fraction of sp³-hybridized carbons (Fsp3) is 0.167. The maximum Gasteiger partial charge on any atom is 0.269 e. The number of aryl methyl sites for hydroxylation is 1. The predicted molar refractivity (Wildman–Crippen MR) is 115 cm³/mol. The number of thiocarbonyl (C=S) groups is 1. The SMILES string of the molecule is CCOc1ccc(Br)cc1C(=O)NC(=S)NNC(=O)c1ccc(C)c(Br)c1. The van der Waals surface area contributed by atoms with E-state index in [0.29, 0.717) is 23.5 Å². The van der Waals surface area contributed by atoms with E-state index in [1.54, 1.807) is 30.3 Å². The first-order valence-corrected chi connectivity index (χ1v) is 9.91. The standard InChI is InChI=1S/C18H17Br2N3O3S/c1-3-26-15-7-6-12(19)9-13(15)17(25)21-18(27)23-22-16(24)11-5-4-10(2)14(20)8-11/h4-9H,3H2,1-2H3,(H,22,24)(H2,21,23,25,27). The van der Waals surface area contributed by atoms with Crippen LogP contribution in [0.3, 0.4) is 0 Å². The van der Waals surface area contributed by atoms with Crippen molar-refractivity contribution in [3.8, 4) is 5.75 Å². The Morgan fingerprint density at radius 2 is 1.81 bits per heavy atom. The number of ether oxygens (including phenoxy) is 1. The van der Waals surface area contributed by atoms with Gasteiger partial charge in [0.15, 0.2) is 5.11 Å². The molecule has 0 saturated heterocycles. The topological polar surface area (TPSA) is 79.5 Å². The van der Waals surface area contributed by atoms with Gasteiger partial charge in [0.25, 0.3) is 11.8 Å². The van der Waals surface area contributed by atoms with Gasteiger partial charge < -0.3 is 4.74 Å². The minimum absolute atomic E-state index is 0.0399. The van der Waals surface area contributed by atoms with Gasteiger partial charge in [-0.1, -0.05) is 37.9 Å². The van der Waals surface area contributed by atoms with Crippen LogP contribution in [0.1, 0.15) is 33.2 Å². The molecule has 3 N–H and O–H groups in total. The number of amides is 2. The van der Waals surface area contributed by atoms with E-state index in [1.165, 1.54) is 0 Å². The summed E-state index contributed by atoms with van der Waals surface area (Å²) in [6.45, 7) is 4.18. The fourth-order valence-corrected chi connectivity index (χ4v) is 2.97. The molecule has 2 rings (SSSR count). The van der Waals surface area contributed by atoms with Gasteiger partial charge in [-0.2, -0.15) is 0 Å². The van der Waals surface area contributed by atoms with Gasteiger partial charge in [0.1, 0.15) is 5.75 Å². The second-order valence-electron chi connectivity index (χ2n) is 5.40. The summed E-state index contributed by atoms with van der Waals surface area (Å²) in [6, 6.07) is 10.3. The maximum absolute atomic E-state index is 12.4. The molecule has 2 amide bonds. The van der Waals surface area contributed by atoms with Crippen LogP contribution in [0.5, 0.6) is 5.75 Å². The van der Waals surface area contributed by atoms with Crippen molar-refractivity contribution < 1.29 is 14.3 Å². The summed E-state index contributed by atoms with van der Waals surface area (Å²) in [5.41, 5.74) is 6.74. The number of carbonyl (C=O) groups is 2. The smallest absolute Gasteiger partial charge is 0.269 e. The Morgan fingerprint density at radius 3 is 2.48 bits per heavy atom. The van der Waals surface area contributed by atoms with E-state index in [2.05, 4.69) is 48.0 Å². The number of carbonyl (C=O) groups excluding carboxylic acids is 2. The molecule has 0 aliphatic carbocycles. The van der Waals surface area contributed by atoms with E-state index in [0.717, 1.165) is 14.5 Å². The van der Waals surface area contributed by atoms with Gasteiger partial charge in [-0.3, -0.25) is 25.8 Å². The zero-order valence-electron chi connectivity index (χ0n) is 14.6. The van der Waals surface area contributed by atoms with E-state index in [4.69, 9.17) is 17.0 Å². The lowest BCUT2D eigenvalue weighted by Gasteiger charge is -2.13. The third kappa shape index (κ3) is 6.02. The first-order valence-electron chi connectivity index (χ1n) is 7.92. The first-order chi connectivity index (χ1) is 12.8. The fourth-order valence-electron chi connectivity index (χ4n) is 2.08. The number of nitrogens with one attached hydrogen (secondary N) is 3. The molecule has 0 aliphatic rings. The summed E-state index contributed by atoms with van der Waals surface area (Å²) in [6.07, 6.45) is 0.